The second-order valence-electron chi connectivity index (χ2n) is 6.60. The van der Waals surface area contributed by atoms with Gasteiger partial charge in [-0.05, 0) is 36.5 Å². The molecule has 0 unspecified atom stereocenters. The molecule has 0 atom stereocenters. The summed E-state index contributed by atoms with van der Waals surface area (Å²) >= 11 is 0. The molecule has 0 spiro atoms. The van der Waals surface area contributed by atoms with Gasteiger partial charge in [0, 0.05) is 0 Å². The van der Waals surface area contributed by atoms with Crippen molar-refractivity contribution in [2.75, 3.05) is 0 Å². The van der Waals surface area contributed by atoms with Crippen molar-refractivity contribution in [2.24, 2.45) is 21.7 Å². The third kappa shape index (κ3) is 0.658. The molecule has 16 heavy (non-hydrogen) atoms. The molecule has 0 aliphatic heterocycles. The van der Waals surface area contributed by atoms with Crippen LogP contribution in [0.1, 0.15) is 39.5 Å². The fourth-order valence-electron chi connectivity index (χ4n) is 5.16. The van der Waals surface area contributed by atoms with Gasteiger partial charge in [-0.15, -0.1) is 0 Å². The van der Waals surface area contributed by atoms with E-state index in [1.165, 1.54) is 0 Å². The van der Waals surface area contributed by atoms with Gasteiger partial charge in [0.1, 0.15) is 0 Å². The van der Waals surface area contributed by atoms with Crippen LogP contribution in [0.2, 0.25) is 0 Å². The normalized spacial score (nSPS) is 57.1. The predicted octanol–water partition coefficient (Wildman–Crippen LogP) is 1.74. The molecule has 0 heterocycles. The SMILES string of the molecule is CC12CC3(C(=O)O)CC1(C)CC3(C(=O)O)C2. The van der Waals surface area contributed by atoms with Crippen molar-refractivity contribution in [1.82, 2.24) is 0 Å². The average molecular weight is 224 g/mol. The first-order valence-electron chi connectivity index (χ1n) is 5.68. The van der Waals surface area contributed by atoms with E-state index in [1.807, 2.05) is 0 Å². The van der Waals surface area contributed by atoms with E-state index in [9.17, 15) is 19.8 Å². The van der Waals surface area contributed by atoms with Crippen LogP contribution >= 0.6 is 0 Å². The highest BCUT2D eigenvalue weighted by Crippen LogP contribution is 2.86. The van der Waals surface area contributed by atoms with Crippen LogP contribution in [0, 0.1) is 21.7 Å². The topological polar surface area (TPSA) is 74.6 Å². The molecular weight excluding hydrogens is 208 g/mol. The van der Waals surface area contributed by atoms with Crippen molar-refractivity contribution in [3.8, 4) is 0 Å². The molecular formula is C12H16O4. The molecule has 4 saturated carbocycles. The van der Waals surface area contributed by atoms with Gasteiger partial charge in [0.25, 0.3) is 0 Å². The highest BCUT2D eigenvalue weighted by molar-refractivity contribution is 5.90. The average Bonchev–Trinajstić information content (AvgIpc) is 2.64. The Balaban J connectivity index is 2.24. The van der Waals surface area contributed by atoms with Crippen molar-refractivity contribution < 1.29 is 19.8 Å². The van der Waals surface area contributed by atoms with Crippen LogP contribution in [0.3, 0.4) is 0 Å². The highest BCUT2D eigenvalue weighted by atomic mass is 16.4. The number of carboxylic acids is 2. The maximum atomic E-state index is 11.5. The monoisotopic (exact) mass is 224 g/mol. The summed E-state index contributed by atoms with van der Waals surface area (Å²) in [5.41, 5.74) is -2.18. The summed E-state index contributed by atoms with van der Waals surface area (Å²) in [7, 11) is 0. The van der Waals surface area contributed by atoms with Crippen molar-refractivity contribution in [3.63, 3.8) is 0 Å². The third-order valence-corrected chi connectivity index (χ3v) is 5.96. The molecule has 4 bridgehead atoms. The minimum absolute atomic E-state index is 0.0935. The second-order valence-corrected chi connectivity index (χ2v) is 6.60. The molecule has 0 aromatic rings. The van der Waals surface area contributed by atoms with Gasteiger partial charge in [-0.25, -0.2) is 0 Å². The first-order valence-corrected chi connectivity index (χ1v) is 5.68. The summed E-state index contributed by atoms with van der Waals surface area (Å²) in [5, 5.41) is 18.9. The van der Waals surface area contributed by atoms with Crippen LogP contribution < -0.4 is 0 Å². The van der Waals surface area contributed by atoms with Gasteiger partial charge in [0.15, 0.2) is 0 Å². The molecule has 4 rings (SSSR count). The van der Waals surface area contributed by atoms with E-state index in [1.54, 1.807) is 0 Å². The summed E-state index contributed by atoms with van der Waals surface area (Å²) in [5.74, 6) is -1.81. The van der Waals surface area contributed by atoms with E-state index in [0.717, 1.165) is 0 Å². The van der Waals surface area contributed by atoms with Gasteiger partial charge in [0.2, 0.25) is 0 Å². The fourth-order valence-corrected chi connectivity index (χ4v) is 5.16. The van der Waals surface area contributed by atoms with Gasteiger partial charge < -0.3 is 10.2 Å². The van der Waals surface area contributed by atoms with Crippen molar-refractivity contribution in [2.45, 2.75) is 39.5 Å². The van der Waals surface area contributed by atoms with Gasteiger partial charge in [-0.3, -0.25) is 9.59 Å². The van der Waals surface area contributed by atoms with Gasteiger partial charge in [0.05, 0.1) is 10.8 Å². The Morgan fingerprint density at radius 3 is 1.25 bits per heavy atom. The number of hydrogen-bond donors (Lipinski definition) is 2. The zero-order chi connectivity index (χ0) is 12.0. The van der Waals surface area contributed by atoms with Gasteiger partial charge >= 0.3 is 11.9 Å². The van der Waals surface area contributed by atoms with Crippen LogP contribution in [0.4, 0.5) is 0 Å². The Bertz CT molecular complexity index is 371. The van der Waals surface area contributed by atoms with E-state index in [0.29, 0.717) is 25.7 Å². The zero-order valence-corrected chi connectivity index (χ0v) is 9.54. The zero-order valence-electron chi connectivity index (χ0n) is 9.54. The van der Waals surface area contributed by atoms with Crippen LogP contribution in [0.15, 0.2) is 0 Å². The first kappa shape index (κ1) is 10.1. The number of aliphatic carboxylic acids is 2. The summed E-state index contributed by atoms with van der Waals surface area (Å²) in [6.07, 6.45) is 2.16. The Morgan fingerprint density at radius 1 is 0.812 bits per heavy atom. The fraction of sp³-hybridized carbons (Fsp3) is 0.833. The van der Waals surface area contributed by atoms with E-state index < -0.39 is 22.8 Å². The van der Waals surface area contributed by atoms with Crippen LogP contribution in [-0.2, 0) is 9.59 Å². The molecule has 0 amide bonds. The molecule has 4 aliphatic carbocycles. The molecule has 4 fully saturated rings. The second kappa shape index (κ2) is 2.15. The Morgan fingerprint density at radius 2 is 1.06 bits per heavy atom. The van der Waals surface area contributed by atoms with Crippen molar-refractivity contribution in [1.29, 1.82) is 0 Å². The Kier molecular flexibility index (Phi) is 1.36. The number of carbonyl (C=O) groups is 2. The molecule has 0 saturated heterocycles. The summed E-state index contributed by atoms with van der Waals surface area (Å²) in [4.78, 5) is 23.1. The van der Waals surface area contributed by atoms with Crippen LogP contribution in [0.5, 0.6) is 0 Å². The Labute approximate surface area is 93.6 Å². The molecule has 0 radical (unpaired) electrons. The van der Waals surface area contributed by atoms with E-state index >= 15 is 0 Å². The largest absolute Gasteiger partial charge is 0.481 e. The van der Waals surface area contributed by atoms with Crippen molar-refractivity contribution in [3.05, 3.63) is 0 Å². The maximum Gasteiger partial charge on any atom is 0.310 e. The molecule has 0 aromatic carbocycles. The number of hydrogen-bond acceptors (Lipinski definition) is 2. The minimum atomic E-state index is -0.998. The molecule has 88 valence electrons. The lowest BCUT2D eigenvalue weighted by molar-refractivity contribution is -0.167. The molecule has 2 N–H and O–H groups in total. The van der Waals surface area contributed by atoms with Gasteiger partial charge in [-0.1, -0.05) is 13.8 Å². The lowest BCUT2D eigenvalue weighted by Crippen LogP contribution is -2.44. The molecule has 4 heteroatoms. The maximum absolute atomic E-state index is 11.5. The minimum Gasteiger partial charge on any atom is -0.481 e. The number of carboxylic acid groups (broad SMARTS) is 2. The van der Waals surface area contributed by atoms with Crippen molar-refractivity contribution >= 4 is 11.9 Å². The quantitative estimate of drug-likeness (QED) is 0.749. The summed E-state index contributed by atoms with van der Waals surface area (Å²) in [6, 6.07) is 0. The van der Waals surface area contributed by atoms with E-state index in [-0.39, 0.29) is 10.8 Å². The Hall–Kier alpha value is -1.06. The molecule has 0 aromatic heterocycles. The molecule has 4 nitrogen and oxygen atoms in total. The number of rotatable bonds is 2. The lowest BCUT2D eigenvalue weighted by atomic mass is 9.68. The standard InChI is InChI=1S/C12H16O4/c1-9-3-11(7(13)14)5-10(9,2)6-12(11,4-9)8(15)16/h3-6H2,1-2H3,(H,13,14)(H,15,16). The predicted molar refractivity (Wildman–Crippen MR) is 54.8 cm³/mol. The van der Waals surface area contributed by atoms with Gasteiger partial charge in [-0.2, -0.15) is 0 Å². The first-order chi connectivity index (χ1) is 7.22. The summed E-state index contributed by atoms with van der Waals surface area (Å²) < 4.78 is 0. The van der Waals surface area contributed by atoms with Crippen LogP contribution in [0.25, 0.3) is 0 Å². The third-order valence-electron chi connectivity index (χ3n) is 5.96. The lowest BCUT2D eigenvalue weighted by Gasteiger charge is -2.33. The smallest absolute Gasteiger partial charge is 0.310 e. The summed E-state index contributed by atoms with van der Waals surface area (Å²) in [6.45, 7) is 4.13. The van der Waals surface area contributed by atoms with E-state index in [2.05, 4.69) is 13.8 Å². The highest BCUT2D eigenvalue weighted by Gasteiger charge is 2.85. The van der Waals surface area contributed by atoms with Crippen LogP contribution in [-0.4, -0.2) is 22.2 Å². The molecule has 4 aliphatic rings. The van der Waals surface area contributed by atoms with E-state index in [4.69, 9.17) is 0 Å².